The van der Waals surface area contributed by atoms with Crippen molar-refractivity contribution in [3.8, 4) is 5.75 Å². The molecule has 2 N–H and O–H groups in total. The van der Waals surface area contributed by atoms with Crippen LogP contribution >= 0.6 is 0 Å². The molecular formula is C31H45N3O5. The number of nitrogens with one attached hydrogen (secondary N) is 2. The van der Waals surface area contributed by atoms with E-state index in [1.165, 1.54) is 0 Å². The standard InChI is InChI=1S/C31H45N3O5/c1-20(2)10-13-23(5)34(27(35)19-32-30(37)39-31(6,7)8)28(26-18-21(3)11-12-22(26)4)29(36)33-24-14-16-25(38-9)17-15-24/h11-12,14-18,20,23,28H,10,13,19H2,1-9H3,(H,32,37)(H,33,36). The number of benzene rings is 2. The SMILES string of the molecule is COc1ccc(NC(=O)C(c2cc(C)ccc2C)N(C(=O)CNC(=O)OC(C)(C)C)C(C)CCC(C)C)cc1. The van der Waals surface area contributed by atoms with Crippen molar-refractivity contribution in [2.45, 2.75) is 85.9 Å². The maximum atomic E-state index is 14.0. The number of hydrogen-bond donors (Lipinski definition) is 2. The number of alkyl carbamates (subject to hydrolysis) is 1. The monoisotopic (exact) mass is 539 g/mol. The van der Waals surface area contributed by atoms with Crippen molar-refractivity contribution < 1.29 is 23.9 Å². The van der Waals surface area contributed by atoms with Gasteiger partial charge in [0.2, 0.25) is 5.91 Å². The molecule has 0 saturated heterocycles. The maximum absolute atomic E-state index is 14.0. The van der Waals surface area contributed by atoms with Crippen molar-refractivity contribution in [1.29, 1.82) is 0 Å². The first kappa shape index (κ1) is 31.7. The van der Waals surface area contributed by atoms with Crippen LogP contribution in [-0.4, -0.2) is 48.1 Å². The fourth-order valence-electron chi connectivity index (χ4n) is 4.27. The summed E-state index contributed by atoms with van der Waals surface area (Å²) in [5, 5.41) is 5.56. The zero-order valence-electron chi connectivity index (χ0n) is 24.9. The lowest BCUT2D eigenvalue weighted by Crippen LogP contribution is -2.50. The lowest BCUT2D eigenvalue weighted by molar-refractivity contribution is -0.141. The molecule has 0 heterocycles. The number of ether oxygens (including phenoxy) is 2. The molecule has 0 fully saturated rings. The van der Waals surface area contributed by atoms with Crippen molar-refractivity contribution in [2.75, 3.05) is 19.0 Å². The molecule has 0 saturated carbocycles. The van der Waals surface area contributed by atoms with Gasteiger partial charge in [-0.3, -0.25) is 9.59 Å². The number of methoxy groups -OCH3 is 1. The van der Waals surface area contributed by atoms with Crippen LogP contribution in [0.5, 0.6) is 5.75 Å². The minimum atomic E-state index is -0.915. The Labute approximate surface area is 233 Å². The summed E-state index contributed by atoms with van der Waals surface area (Å²) in [6.45, 7) is 15.1. The van der Waals surface area contributed by atoms with Crippen LogP contribution in [0.25, 0.3) is 0 Å². The molecular weight excluding hydrogens is 494 g/mol. The van der Waals surface area contributed by atoms with E-state index in [9.17, 15) is 14.4 Å². The van der Waals surface area contributed by atoms with Crippen molar-refractivity contribution in [3.05, 3.63) is 59.2 Å². The lowest BCUT2D eigenvalue weighted by atomic mass is 9.94. The van der Waals surface area contributed by atoms with Crippen LogP contribution < -0.4 is 15.4 Å². The third kappa shape index (κ3) is 9.93. The molecule has 214 valence electrons. The Balaban J connectivity index is 2.50. The number of carbonyl (C=O) groups is 3. The average Bonchev–Trinajstić information content (AvgIpc) is 2.85. The molecule has 8 nitrogen and oxygen atoms in total. The van der Waals surface area contributed by atoms with E-state index in [-0.39, 0.29) is 24.4 Å². The maximum Gasteiger partial charge on any atom is 0.408 e. The normalized spacial score (nSPS) is 12.9. The highest BCUT2D eigenvalue weighted by atomic mass is 16.6. The van der Waals surface area contributed by atoms with Crippen LogP contribution in [0.2, 0.25) is 0 Å². The molecule has 2 atom stereocenters. The largest absolute Gasteiger partial charge is 0.497 e. The van der Waals surface area contributed by atoms with Crippen molar-refractivity contribution in [3.63, 3.8) is 0 Å². The topological polar surface area (TPSA) is 97.0 Å². The highest BCUT2D eigenvalue weighted by Crippen LogP contribution is 2.31. The Bertz CT molecular complexity index is 1120. The molecule has 0 aromatic heterocycles. The summed E-state index contributed by atoms with van der Waals surface area (Å²) in [5.74, 6) is 0.395. The summed E-state index contributed by atoms with van der Waals surface area (Å²) >= 11 is 0. The molecule has 2 aromatic carbocycles. The Hall–Kier alpha value is -3.55. The van der Waals surface area contributed by atoms with Crippen LogP contribution in [0, 0.1) is 19.8 Å². The van der Waals surface area contributed by atoms with Gasteiger partial charge in [0.25, 0.3) is 5.91 Å². The Morgan fingerprint density at radius 1 is 0.949 bits per heavy atom. The van der Waals surface area contributed by atoms with E-state index < -0.39 is 17.7 Å². The number of rotatable bonds is 11. The molecule has 3 amide bonds. The van der Waals surface area contributed by atoms with E-state index in [4.69, 9.17) is 9.47 Å². The number of hydrogen-bond acceptors (Lipinski definition) is 5. The fourth-order valence-corrected chi connectivity index (χ4v) is 4.27. The minimum Gasteiger partial charge on any atom is -0.497 e. The molecule has 0 aliphatic heterocycles. The number of anilines is 1. The highest BCUT2D eigenvalue weighted by molar-refractivity contribution is 5.98. The summed E-state index contributed by atoms with van der Waals surface area (Å²) in [6.07, 6.45) is 0.897. The molecule has 2 aromatic rings. The summed E-state index contributed by atoms with van der Waals surface area (Å²) in [5.41, 5.74) is 2.50. The van der Waals surface area contributed by atoms with Crippen LogP contribution in [0.4, 0.5) is 10.5 Å². The van der Waals surface area contributed by atoms with E-state index in [2.05, 4.69) is 24.5 Å². The van der Waals surface area contributed by atoms with Crippen LogP contribution in [-0.2, 0) is 14.3 Å². The molecule has 0 aliphatic carbocycles. The van der Waals surface area contributed by atoms with Gasteiger partial charge in [-0.1, -0.05) is 37.6 Å². The first-order valence-electron chi connectivity index (χ1n) is 13.5. The first-order valence-corrected chi connectivity index (χ1v) is 13.5. The van der Waals surface area contributed by atoms with Crippen LogP contribution in [0.3, 0.4) is 0 Å². The Morgan fingerprint density at radius 2 is 1.59 bits per heavy atom. The van der Waals surface area contributed by atoms with Gasteiger partial charge in [0, 0.05) is 11.7 Å². The molecule has 0 spiro atoms. The average molecular weight is 540 g/mol. The lowest BCUT2D eigenvalue weighted by Gasteiger charge is -2.37. The molecule has 39 heavy (non-hydrogen) atoms. The Kier molecular flexibility index (Phi) is 11.4. The molecule has 0 radical (unpaired) electrons. The van der Waals surface area contributed by atoms with Gasteiger partial charge in [-0.05, 0) is 95.7 Å². The third-order valence-corrected chi connectivity index (χ3v) is 6.32. The number of aryl methyl sites for hydroxylation is 2. The van der Waals surface area contributed by atoms with Crippen molar-refractivity contribution >= 4 is 23.6 Å². The highest BCUT2D eigenvalue weighted by Gasteiger charge is 2.36. The second-order valence-electron chi connectivity index (χ2n) is 11.5. The second kappa shape index (κ2) is 14.0. The Morgan fingerprint density at radius 3 is 2.15 bits per heavy atom. The summed E-state index contributed by atoms with van der Waals surface area (Å²) in [4.78, 5) is 41.8. The van der Waals surface area contributed by atoms with Crippen LogP contribution in [0.15, 0.2) is 42.5 Å². The van der Waals surface area contributed by atoms with Crippen molar-refractivity contribution in [1.82, 2.24) is 10.2 Å². The van der Waals surface area contributed by atoms with E-state index in [0.29, 0.717) is 23.8 Å². The van der Waals surface area contributed by atoms with Crippen molar-refractivity contribution in [2.24, 2.45) is 5.92 Å². The zero-order chi connectivity index (χ0) is 29.3. The minimum absolute atomic E-state index is 0.271. The second-order valence-corrected chi connectivity index (χ2v) is 11.5. The van der Waals surface area contributed by atoms with E-state index >= 15 is 0 Å². The third-order valence-electron chi connectivity index (χ3n) is 6.32. The van der Waals surface area contributed by atoms with Gasteiger partial charge in [-0.25, -0.2) is 4.79 Å². The van der Waals surface area contributed by atoms with Gasteiger partial charge in [-0.15, -0.1) is 0 Å². The smallest absolute Gasteiger partial charge is 0.408 e. The van der Waals surface area contributed by atoms with E-state index in [1.54, 1.807) is 57.0 Å². The zero-order valence-corrected chi connectivity index (χ0v) is 24.9. The predicted molar refractivity (Wildman–Crippen MR) is 155 cm³/mol. The van der Waals surface area contributed by atoms with E-state index in [0.717, 1.165) is 23.1 Å². The first-order chi connectivity index (χ1) is 18.2. The summed E-state index contributed by atoms with van der Waals surface area (Å²) in [7, 11) is 1.58. The summed E-state index contributed by atoms with van der Waals surface area (Å²) in [6, 6.07) is 11.8. The molecule has 2 unspecified atom stereocenters. The van der Waals surface area contributed by atoms with Gasteiger partial charge < -0.3 is 25.0 Å². The van der Waals surface area contributed by atoms with E-state index in [1.807, 2.05) is 39.0 Å². The summed E-state index contributed by atoms with van der Waals surface area (Å²) < 4.78 is 10.6. The fraction of sp³-hybridized carbons (Fsp3) is 0.516. The van der Waals surface area contributed by atoms with Crippen LogP contribution in [0.1, 0.15) is 77.1 Å². The number of carbonyl (C=O) groups excluding carboxylic acids is 3. The van der Waals surface area contributed by atoms with Gasteiger partial charge in [0.15, 0.2) is 0 Å². The number of nitrogens with zero attached hydrogens (tertiary/aromatic N) is 1. The molecule has 0 aliphatic rings. The van der Waals surface area contributed by atoms with Gasteiger partial charge in [0.05, 0.1) is 7.11 Å². The quantitative estimate of drug-likeness (QED) is 0.356. The number of amides is 3. The molecule has 0 bridgehead atoms. The molecule has 2 rings (SSSR count). The van der Waals surface area contributed by atoms with Gasteiger partial charge >= 0.3 is 6.09 Å². The molecule has 8 heteroatoms. The predicted octanol–water partition coefficient (Wildman–Crippen LogP) is 6.17. The van der Waals surface area contributed by atoms with Gasteiger partial charge in [-0.2, -0.15) is 0 Å². The van der Waals surface area contributed by atoms with Gasteiger partial charge in [0.1, 0.15) is 23.9 Å².